The first kappa shape index (κ1) is 14.7. The minimum Gasteiger partial charge on any atom is -0.460 e. The summed E-state index contributed by atoms with van der Waals surface area (Å²) in [6.45, 7) is 7.62. The molecule has 0 unspecified atom stereocenters. The van der Waals surface area contributed by atoms with Gasteiger partial charge in [0.15, 0.2) is 0 Å². The molecule has 0 saturated carbocycles. The van der Waals surface area contributed by atoms with E-state index in [4.69, 9.17) is 16.5 Å². The molecule has 0 aromatic heterocycles. The first-order chi connectivity index (χ1) is 8.03. The second-order valence-corrected chi connectivity index (χ2v) is 5.63. The number of halogens is 1. The van der Waals surface area contributed by atoms with Crippen molar-refractivity contribution >= 4 is 17.7 Å². The van der Waals surface area contributed by atoms with Crippen LogP contribution in [0.25, 0.3) is 0 Å². The summed E-state index contributed by atoms with van der Waals surface area (Å²) in [6, 6.07) is 0. The van der Waals surface area contributed by atoms with Gasteiger partial charge in [-0.2, -0.15) is 0 Å². The first-order valence-electron chi connectivity index (χ1n) is 6.40. The first-order valence-corrected chi connectivity index (χ1v) is 6.78. The van der Waals surface area contributed by atoms with Crippen LogP contribution in [0.5, 0.6) is 0 Å². The van der Waals surface area contributed by atoms with Crippen molar-refractivity contribution in [3.05, 3.63) is 0 Å². The Balaban J connectivity index is 2.11. The third-order valence-electron chi connectivity index (χ3n) is 3.12. The Morgan fingerprint density at radius 2 is 2.00 bits per heavy atom. The summed E-state index contributed by atoms with van der Waals surface area (Å²) >= 11 is 5.53. The van der Waals surface area contributed by atoms with Crippen LogP contribution in [0.15, 0.2) is 0 Å². The number of nitrogens with one attached hydrogen (secondary N) is 2. The second kappa shape index (κ2) is 7.19. The Hall–Kier alpha value is -0.320. The molecule has 1 saturated heterocycles. The topological polar surface area (TPSA) is 42.8 Å². The van der Waals surface area contributed by atoms with Crippen LogP contribution >= 0.6 is 11.8 Å². The number of rotatable bonds is 6. The van der Waals surface area contributed by atoms with E-state index in [2.05, 4.69) is 4.84 Å². The molecule has 2 N–H and O–H groups in total. The Morgan fingerprint density at radius 3 is 2.59 bits per heavy atom. The molecular formula is C12H24ClN2O2+. The normalized spacial score (nSPS) is 18.1. The van der Waals surface area contributed by atoms with Gasteiger partial charge in [0.1, 0.15) is 13.2 Å². The van der Waals surface area contributed by atoms with E-state index < -0.39 is 5.54 Å². The Labute approximate surface area is 109 Å². The molecule has 0 radical (unpaired) electrons. The minimum atomic E-state index is -0.406. The maximum Gasteiger partial charge on any atom is 0.307 e. The average molecular weight is 264 g/mol. The molecule has 0 aromatic rings. The van der Waals surface area contributed by atoms with Crippen LogP contribution in [0.2, 0.25) is 0 Å². The molecule has 0 atom stereocenters. The highest BCUT2D eigenvalue weighted by atomic mass is 35.5. The quantitative estimate of drug-likeness (QED) is 0.542. The number of carbonyl (C=O) groups is 1. The number of esters is 1. The van der Waals surface area contributed by atoms with E-state index in [0.717, 1.165) is 6.54 Å². The van der Waals surface area contributed by atoms with Gasteiger partial charge in [-0.25, -0.2) is 4.84 Å². The molecule has 100 valence electrons. The molecule has 1 aliphatic heterocycles. The molecule has 17 heavy (non-hydrogen) atoms. The van der Waals surface area contributed by atoms with Crippen LogP contribution in [0.4, 0.5) is 0 Å². The molecule has 0 amide bonds. The standard InChI is InChI=1S/C12H23ClN2O2/c1-12(2,14-13)10-11(16)17-9-8-15-6-4-3-5-7-15/h14H,3-10H2,1-2H3/p+1. The van der Waals surface area contributed by atoms with Gasteiger partial charge in [-0.1, -0.05) is 0 Å². The van der Waals surface area contributed by atoms with Gasteiger partial charge in [0, 0.05) is 5.54 Å². The number of piperidine rings is 1. The van der Waals surface area contributed by atoms with Crippen molar-refractivity contribution in [2.24, 2.45) is 0 Å². The molecule has 0 bridgehead atoms. The molecular weight excluding hydrogens is 240 g/mol. The van der Waals surface area contributed by atoms with E-state index in [1.807, 2.05) is 13.8 Å². The van der Waals surface area contributed by atoms with E-state index in [1.54, 1.807) is 4.90 Å². The molecule has 5 heteroatoms. The van der Waals surface area contributed by atoms with Gasteiger partial charge in [-0.3, -0.25) is 4.79 Å². The number of hydrogen-bond donors (Lipinski definition) is 2. The van der Waals surface area contributed by atoms with Gasteiger partial charge >= 0.3 is 5.97 Å². The summed E-state index contributed by atoms with van der Waals surface area (Å²) in [5, 5.41) is 0. The monoisotopic (exact) mass is 263 g/mol. The molecule has 0 aromatic carbocycles. The van der Waals surface area contributed by atoms with Gasteiger partial charge in [-0.05, 0) is 44.9 Å². The lowest BCUT2D eigenvalue weighted by Crippen LogP contribution is -3.13. The lowest BCUT2D eigenvalue weighted by Gasteiger charge is -2.24. The maximum atomic E-state index is 11.5. The summed E-state index contributed by atoms with van der Waals surface area (Å²) < 4.78 is 5.22. The fourth-order valence-corrected chi connectivity index (χ4v) is 2.12. The van der Waals surface area contributed by atoms with Crippen molar-refractivity contribution in [1.82, 2.24) is 4.84 Å². The fraction of sp³-hybridized carbons (Fsp3) is 0.917. The van der Waals surface area contributed by atoms with Gasteiger partial charge < -0.3 is 9.64 Å². The third kappa shape index (κ3) is 6.24. The van der Waals surface area contributed by atoms with E-state index >= 15 is 0 Å². The maximum absolute atomic E-state index is 11.5. The molecule has 1 rings (SSSR count). The van der Waals surface area contributed by atoms with Gasteiger partial charge in [-0.15, -0.1) is 0 Å². The van der Waals surface area contributed by atoms with E-state index in [1.165, 1.54) is 32.4 Å². The molecule has 0 aliphatic carbocycles. The van der Waals surface area contributed by atoms with Crippen molar-refractivity contribution < 1.29 is 14.4 Å². The largest absolute Gasteiger partial charge is 0.460 e. The molecule has 4 nitrogen and oxygen atoms in total. The summed E-state index contributed by atoms with van der Waals surface area (Å²) in [4.78, 5) is 15.7. The predicted molar refractivity (Wildman–Crippen MR) is 68.1 cm³/mol. The number of hydrogen-bond acceptors (Lipinski definition) is 3. The number of carbonyl (C=O) groups excluding carboxylic acids is 1. The van der Waals surface area contributed by atoms with E-state index in [-0.39, 0.29) is 5.97 Å². The minimum absolute atomic E-state index is 0.181. The fourth-order valence-electron chi connectivity index (χ4n) is 2.06. The zero-order valence-electron chi connectivity index (χ0n) is 10.9. The van der Waals surface area contributed by atoms with E-state index in [9.17, 15) is 4.79 Å². The lowest BCUT2D eigenvalue weighted by atomic mass is 10.0. The van der Waals surface area contributed by atoms with Crippen LogP contribution in [-0.2, 0) is 9.53 Å². The SMILES string of the molecule is CC(C)(CC(=O)OCC[NH+]1CCCCC1)NCl. The zero-order valence-corrected chi connectivity index (χ0v) is 11.6. The highest BCUT2D eigenvalue weighted by molar-refractivity contribution is 6.14. The summed E-state index contributed by atoms with van der Waals surface area (Å²) in [5.74, 6) is -0.181. The zero-order chi connectivity index (χ0) is 12.7. The second-order valence-electron chi connectivity index (χ2n) is 5.44. The lowest BCUT2D eigenvalue weighted by molar-refractivity contribution is -0.905. The Morgan fingerprint density at radius 1 is 1.35 bits per heavy atom. The van der Waals surface area contributed by atoms with Gasteiger partial charge in [0.25, 0.3) is 0 Å². The molecule has 1 heterocycles. The van der Waals surface area contributed by atoms with Crippen LogP contribution in [0.3, 0.4) is 0 Å². The van der Waals surface area contributed by atoms with E-state index in [0.29, 0.717) is 13.0 Å². The van der Waals surface area contributed by atoms with Crippen molar-refractivity contribution in [3.8, 4) is 0 Å². The van der Waals surface area contributed by atoms with Gasteiger partial charge in [0.05, 0.1) is 19.5 Å². The Bertz CT molecular complexity index is 241. The number of ether oxygens (including phenoxy) is 1. The average Bonchev–Trinajstić information content (AvgIpc) is 2.30. The smallest absolute Gasteiger partial charge is 0.307 e. The van der Waals surface area contributed by atoms with Crippen molar-refractivity contribution in [2.45, 2.75) is 45.1 Å². The molecule has 1 aliphatic rings. The predicted octanol–water partition coefficient (Wildman–Crippen LogP) is 0.511. The number of likely N-dealkylation sites (tertiary alicyclic amines) is 1. The summed E-state index contributed by atoms with van der Waals surface area (Å²) in [7, 11) is 0. The molecule has 1 fully saturated rings. The summed E-state index contributed by atoms with van der Waals surface area (Å²) in [5.41, 5.74) is -0.406. The Kier molecular flexibility index (Phi) is 6.23. The van der Waals surface area contributed by atoms with Crippen LogP contribution in [0, 0.1) is 0 Å². The highest BCUT2D eigenvalue weighted by Crippen LogP contribution is 2.09. The molecule has 0 spiro atoms. The number of quaternary nitrogens is 1. The van der Waals surface area contributed by atoms with Crippen molar-refractivity contribution in [2.75, 3.05) is 26.2 Å². The van der Waals surface area contributed by atoms with Crippen molar-refractivity contribution in [1.29, 1.82) is 0 Å². The van der Waals surface area contributed by atoms with Crippen molar-refractivity contribution in [3.63, 3.8) is 0 Å². The highest BCUT2D eigenvalue weighted by Gasteiger charge is 2.22. The third-order valence-corrected chi connectivity index (χ3v) is 3.63. The van der Waals surface area contributed by atoms with Crippen LogP contribution < -0.4 is 9.74 Å². The van der Waals surface area contributed by atoms with Crippen LogP contribution in [0.1, 0.15) is 39.5 Å². The van der Waals surface area contributed by atoms with Crippen LogP contribution in [-0.4, -0.2) is 37.7 Å². The summed E-state index contributed by atoms with van der Waals surface area (Å²) in [6.07, 6.45) is 4.24. The van der Waals surface area contributed by atoms with Gasteiger partial charge in [0.2, 0.25) is 0 Å².